The van der Waals surface area contributed by atoms with Crippen LogP contribution in [0.1, 0.15) is 43.9 Å². The lowest BCUT2D eigenvalue weighted by Gasteiger charge is -2.16. The number of carbonyl (C=O) groups excluding carboxylic acids is 2. The highest BCUT2D eigenvalue weighted by Gasteiger charge is 2.21. The molecule has 0 saturated carbocycles. The second kappa shape index (κ2) is 7.72. The topological polar surface area (TPSA) is 84.0 Å². The van der Waals surface area contributed by atoms with Crippen LogP contribution in [0.5, 0.6) is 0 Å². The smallest absolute Gasteiger partial charge is 0.266 e. The number of halogens is 1. The summed E-state index contributed by atoms with van der Waals surface area (Å²) in [6, 6.07) is 1.92. The number of hydrazine groups is 1. The van der Waals surface area contributed by atoms with E-state index in [9.17, 15) is 9.59 Å². The van der Waals surface area contributed by atoms with Gasteiger partial charge in [-0.05, 0) is 43.1 Å². The highest BCUT2D eigenvalue weighted by molar-refractivity contribution is 7.98. The van der Waals surface area contributed by atoms with Gasteiger partial charge in [-0.2, -0.15) is 0 Å². The molecule has 0 bridgehead atoms. The maximum atomic E-state index is 12.3. The van der Waals surface area contributed by atoms with E-state index < -0.39 is 5.91 Å². The molecule has 1 atom stereocenters. The monoisotopic (exact) mass is 396 g/mol. The molecule has 132 valence electrons. The van der Waals surface area contributed by atoms with Crippen LogP contribution in [0.15, 0.2) is 17.4 Å². The third-order valence-corrected chi connectivity index (χ3v) is 6.04. The number of nitrogens with one attached hydrogen (secondary N) is 2. The molecule has 6 nitrogen and oxygen atoms in total. The van der Waals surface area contributed by atoms with Crippen LogP contribution in [-0.2, 0) is 12.8 Å². The van der Waals surface area contributed by atoms with Crippen molar-refractivity contribution in [3.8, 4) is 0 Å². The summed E-state index contributed by atoms with van der Waals surface area (Å²) in [5, 5.41) is 0.561. The average Bonchev–Trinajstić information content (AvgIpc) is 3.03. The Morgan fingerprint density at radius 1 is 1.36 bits per heavy atom. The van der Waals surface area contributed by atoms with Crippen molar-refractivity contribution in [3.63, 3.8) is 0 Å². The van der Waals surface area contributed by atoms with Crippen molar-refractivity contribution >= 4 is 46.5 Å². The first-order valence-electron chi connectivity index (χ1n) is 7.76. The van der Waals surface area contributed by atoms with Crippen molar-refractivity contribution in [2.75, 3.05) is 6.26 Å². The van der Waals surface area contributed by atoms with Crippen LogP contribution in [0.2, 0.25) is 5.02 Å². The number of aryl methyl sites for hydroxylation is 1. The molecule has 1 unspecified atom stereocenters. The Hall–Kier alpha value is -1.64. The summed E-state index contributed by atoms with van der Waals surface area (Å²) in [6.07, 6.45) is 6.32. The molecule has 2 aromatic heterocycles. The quantitative estimate of drug-likeness (QED) is 0.473. The number of thiophene rings is 1. The zero-order valence-electron chi connectivity index (χ0n) is 13.8. The van der Waals surface area contributed by atoms with Gasteiger partial charge in [0.15, 0.2) is 10.9 Å². The first kappa shape index (κ1) is 18.2. The summed E-state index contributed by atoms with van der Waals surface area (Å²) in [5.41, 5.74) is 6.06. The van der Waals surface area contributed by atoms with Gasteiger partial charge in [-0.1, -0.05) is 30.3 Å². The van der Waals surface area contributed by atoms with Gasteiger partial charge in [0, 0.05) is 4.88 Å². The molecule has 2 amide bonds. The van der Waals surface area contributed by atoms with Crippen LogP contribution < -0.4 is 10.9 Å². The van der Waals surface area contributed by atoms with Crippen LogP contribution in [0.3, 0.4) is 0 Å². The first-order valence-corrected chi connectivity index (χ1v) is 10.2. The normalized spacial score (nSPS) is 16.2. The maximum absolute atomic E-state index is 12.3. The molecular formula is C16H17ClN4O2S2. The zero-order chi connectivity index (χ0) is 18.0. The number of hydrogen-bond donors (Lipinski definition) is 2. The number of carbonyl (C=O) groups is 2. The summed E-state index contributed by atoms with van der Waals surface area (Å²) < 4.78 is 0. The van der Waals surface area contributed by atoms with Gasteiger partial charge in [-0.15, -0.1) is 11.3 Å². The van der Waals surface area contributed by atoms with Crippen molar-refractivity contribution in [1.29, 1.82) is 0 Å². The van der Waals surface area contributed by atoms with E-state index in [0.29, 0.717) is 16.0 Å². The molecule has 25 heavy (non-hydrogen) atoms. The van der Waals surface area contributed by atoms with Crippen LogP contribution in [0.4, 0.5) is 0 Å². The minimum Gasteiger partial charge on any atom is -0.266 e. The van der Waals surface area contributed by atoms with E-state index in [-0.39, 0.29) is 16.6 Å². The Morgan fingerprint density at radius 3 is 2.88 bits per heavy atom. The minimum absolute atomic E-state index is 0.0283. The number of aromatic nitrogens is 2. The number of nitrogens with zero attached hydrogens (tertiary/aromatic N) is 2. The van der Waals surface area contributed by atoms with Gasteiger partial charge in [0.05, 0.1) is 16.1 Å². The van der Waals surface area contributed by atoms with Gasteiger partial charge >= 0.3 is 0 Å². The van der Waals surface area contributed by atoms with Gasteiger partial charge in [0.1, 0.15) is 0 Å². The predicted molar refractivity (Wildman–Crippen MR) is 99.3 cm³/mol. The Bertz CT molecular complexity index is 824. The largest absolute Gasteiger partial charge is 0.289 e. The second-order valence-electron chi connectivity index (χ2n) is 5.87. The molecule has 0 spiro atoms. The van der Waals surface area contributed by atoms with Crippen LogP contribution in [0.25, 0.3) is 0 Å². The number of hydrogen-bond acceptors (Lipinski definition) is 6. The lowest BCUT2D eigenvalue weighted by atomic mass is 9.90. The number of rotatable bonds is 3. The third kappa shape index (κ3) is 4.13. The highest BCUT2D eigenvalue weighted by Crippen LogP contribution is 2.32. The predicted octanol–water partition coefficient (Wildman–Crippen LogP) is 3.11. The fraction of sp³-hybridized carbons (Fsp3) is 0.375. The van der Waals surface area contributed by atoms with Crippen molar-refractivity contribution in [3.05, 3.63) is 38.3 Å². The Balaban J connectivity index is 1.65. The van der Waals surface area contributed by atoms with Crippen molar-refractivity contribution in [2.24, 2.45) is 5.92 Å². The van der Waals surface area contributed by atoms with E-state index in [1.165, 1.54) is 39.7 Å². The average molecular weight is 397 g/mol. The summed E-state index contributed by atoms with van der Waals surface area (Å²) >= 11 is 8.74. The molecular weight excluding hydrogens is 380 g/mol. The van der Waals surface area contributed by atoms with E-state index in [0.717, 1.165) is 19.3 Å². The molecule has 1 aliphatic carbocycles. The van der Waals surface area contributed by atoms with Crippen molar-refractivity contribution in [1.82, 2.24) is 20.8 Å². The van der Waals surface area contributed by atoms with Crippen LogP contribution in [0, 0.1) is 5.92 Å². The molecule has 0 aliphatic heterocycles. The van der Waals surface area contributed by atoms with Crippen LogP contribution >= 0.6 is 34.7 Å². The highest BCUT2D eigenvalue weighted by atomic mass is 35.5. The molecule has 1 aliphatic rings. The van der Waals surface area contributed by atoms with E-state index in [1.54, 1.807) is 6.26 Å². The Kier molecular flexibility index (Phi) is 5.61. The fourth-order valence-corrected chi connectivity index (χ4v) is 4.28. The van der Waals surface area contributed by atoms with Crippen LogP contribution in [-0.4, -0.2) is 28.0 Å². The van der Waals surface area contributed by atoms with Gasteiger partial charge in [-0.3, -0.25) is 20.4 Å². The molecule has 0 aromatic carbocycles. The molecule has 2 heterocycles. The Morgan fingerprint density at radius 2 is 2.12 bits per heavy atom. The summed E-state index contributed by atoms with van der Waals surface area (Å²) in [4.78, 5) is 34.4. The fourth-order valence-electron chi connectivity index (χ4n) is 2.66. The van der Waals surface area contributed by atoms with Crippen molar-refractivity contribution in [2.45, 2.75) is 31.3 Å². The molecule has 2 N–H and O–H groups in total. The standard InChI is InChI=1S/C16H17ClN4O2S2/c1-8-3-4-11-9(5-8)6-12(25-11)14(22)20-21-15(23)13-10(17)7-18-16(19-13)24-2/h6-8H,3-5H2,1-2H3,(H,20,22)(H,21,23). The Labute approximate surface area is 158 Å². The molecule has 0 saturated heterocycles. The number of fused-ring (bicyclic) bond motifs is 1. The van der Waals surface area contributed by atoms with Gasteiger partial charge in [0.25, 0.3) is 11.8 Å². The van der Waals surface area contributed by atoms with E-state index in [4.69, 9.17) is 11.6 Å². The second-order valence-corrected chi connectivity index (χ2v) is 8.19. The van der Waals surface area contributed by atoms with E-state index >= 15 is 0 Å². The van der Waals surface area contributed by atoms with Gasteiger partial charge in [0.2, 0.25) is 0 Å². The summed E-state index contributed by atoms with van der Waals surface area (Å²) in [5.74, 6) is -0.273. The summed E-state index contributed by atoms with van der Waals surface area (Å²) in [7, 11) is 0. The third-order valence-electron chi connectivity index (χ3n) is 3.96. The molecule has 0 radical (unpaired) electrons. The first-order chi connectivity index (χ1) is 12.0. The van der Waals surface area contributed by atoms with Gasteiger partial charge < -0.3 is 0 Å². The lowest BCUT2D eigenvalue weighted by molar-refractivity contribution is 0.0845. The zero-order valence-corrected chi connectivity index (χ0v) is 16.1. The lowest BCUT2D eigenvalue weighted by Crippen LogP contribution is -2.41. The SMILES string of the molecule is CSc1ncc(Cl)c(C(=O)NNC(=O)c2cc3c(s2)CCC(C)C3)n1. The van der Waals surface area contributed by atoms with E-state index in [2.05, 4.69) is 27.7 Å². The maximum Gasteiger partial charge on any atom is 0.289 e. The molecule has 9 heteroatoms. The number of amides is 2. The molecule has 0 fully saturated rings. The number of thioether (sulfide) groups is 1. The molecule has 2 aromatic rings. The van der Waals surface area contributed by atoms with Gasteiger partial charge in [-0.25, -0.2) is 9.97 Å². The molecule has 3 rings (SSSR count). The van der Waals surface area contributed by atoms with E-state index in [1.807, 2.05) is 6.07 Å². The summed E-state index contributed by atoms with van der Waals surface area (Å²) in [6.45, 7) is 2.22. The van der Waals surface area contributed by atoms with Crippen molar-refractivity contribution < 1.29 is 9.59 Å². The minimum atomic E-state index is -0.578.